The Morgan fingerprint density at radius 2 is 2.19 bits per heavy atom. The Hall–Kier alpha value is -0.630. The standard InChI is InChI=1S/C14H21FN2O2S2/c1-14(6-3-7-20-14)10-17-21(18,19)13-5-4-11(9-16-2)8-12(13)15/h4-5,8,16-17H,3,6-7,9-10H2,1-2H3. The summed E-state index contributed by atoms with van der Waals surface area (Å²) in [6.07, 6.45) is 2.07. The monoisotopic (exact) mass is 332 g/mol. The molecule has 1 fully saturated rings. The number of sulfonamides is 1. The molecule has 1 aliphatic rings. The van der Waals surface area contributed by atoms with Gasteiger partial charge >= 0.3 is 0 Å². The average molecular weight is 332 g/mol. The molecule has 1 saturated heterocycles. The lowest BCUT2D eigenvalue weighted by molar-refractivity contribution is 0.538. The second-order valence-corrected chi connectivity index (χ2v) is 8.94. The molecule has 1 atom stereocenters. The summed E-state index contributed by atoms with van der Waals surface area (Å²) in [7, 11) is -2.05. The molecule has 0 radical (unpaired) electrons. The van der Waals surface area contributed by atoms with Crippen LogP contribution in [0.4, 0.5) is 4.39 Å². The van der Waals surface area contributed by atoms with Gasteiger partial charge in [-0.3, -0.25) is 0 Å². The highest BCUT2D eigenvalue weighted by Gasteiger charge is 2.31. The minimum absolute atomic E-state index is 0.0877. The normalized spacial score (nSPS) is 22.6. The van der Waals surface area contributed by atoms with Gasteiger partial charge in [0.1, 0.15) is 10.7 Å². The Morgan fingerprint density at radius 1 is 1.43 bits per heavy atom. The van der Waals surface area contributed by atoms with Crippen LogP contribution in [0.3, 0.4) is 0 Å². The molecule has 4 nitrogen and oxygen atoms in total. The zero-order valence-corrected chi connectivity index (χ0v) is 13.9. The van der Waals surface area contributed by atoms with Gasteiger partial charge < -0.3 is 5.32 Å². The van der Waals surface area contributed by atoms with E-state index in [1.54, 1.807) is 24.9 Å². The molecule has 21 heavy (non-hydrogen) atoms. The van der Waals surface area contributed by atoms with Crippen LogP contribution < -0.4 is 10.0 Å². The van der Waals surface area contributed by atoms with Crippen LogP contribution in [0.15, 0.2) is 23.1 Å². The minimum Gasteiger partial charge on any atom is -0.316 e. The van der Waals surface area contributed by atoms with Crippen molar-refractivity contribution in [3.05, 3.63) is 29.6 Å². The molecule has 0 spiro atoms. The third-order valence-corrected chi connectivity index (χ3v) is 6.58. The fraction of sp³-hybridized carbons (Fsp3) is 0.571. The summed E-state index contributed by atoms with van der Waals surface area (Å²) in [5, 5.41) is 2.90. The molecular formula is C14H21FN2O2S2. The smallest absolute Gasteiger partial charge is 0.243 e. The van der Waals surface area contributed by atoms with E-state index in [0.717, 1.165) is 18.6 Å². The van der Waals surface area contributed by atoms with Gasteiger partial charge in [-0.2, -0.15) is 11.8 Å². The first-order chi connectivity index (χ1) is 9.86. The van der Waals surface area contributed by atoms with Crippen molar-refractivity contribution < 1.29 is 12.8 Å². The zero-order valence-electron chi connectivity index (χ0n) is 12.3. The fourth-order valence-corrected chi connectivity index (χ4v) is 4.94. The number of nitrogens with one attached hydrogen (secondary N) is 2. The van der Waals surface area contributed by atoms with Gasteiger partial charge in [-0.15, -0.1) is 0 Å². The highest BCUT2D eigenvalue weighted by atomic mass is 32.2. The first kappa shape index (κ1) is 16.7. The van der Waals surface area contributed by atoms with Gasteiger partial charge in [-0.1, -0.05) is 6.07 Å². The molecule has 0 bridgehead atoms. The fourth-order valence-electron chi connectivity index (χ4n) is 2.38. The van der Waals surface area contributed by atoms with Crippen molar-refractivity contribution in [2.45, 2.75) is 36.0 Å². The summed E-state index contributed by atoms with van der Waals surface area (Å²) in [4.78, 5) is -0.283. The van der Waals surface area contributed by atoms with Crippen LogP contribution in [-0.2, 0) is 16.6 Å². The largest absolute Gasteiger partial charge is 0.316 e. The first-order valence-electron chi connectivity index (χ1n) is 6.93. The van der Waals surface area contributed by atoms with Gasteiger partial charge in [0.2, 0.25) is 10.0 Å². The van der Waals surface area contributed by atoms with Crippen LogP contribution in [0.5, 0.6) is 0 Å². The molecule has 0 aliphatic carbocycles. The predicted molar refractivity (Wildman–Crippen MR) is 84.4 cm³/mol. The number of hydrogen-bond acceptors (Lipinski definition) is 4. The Morgan fingerprint density at radius 3 is 2.76 bits per heavy atom. The van der Waals surface area contributed by atoms with Gasteiger partial charge in [0.25, 0.3) is 0 Å². The van der Waals surface area contributed by atoms with Crippen LogP contribution in [0.25, 0.3) is 0 Å². The van der Waals surface area contributed by atoms with Crippen molar-refractivity contribution >= 4 is 21.8 Å². The van der Waals surface area contributed by atoms with Crippen LogP contribution in [0.1, 0.15) is 25.3 Å². The molecule has 0 saturated carbocycles. The maximum Gasteiger partial charge on any atom is 0.243 e. The molecule has 1 aromatic carbocycles. The van der Waals surface area contributed by atoms with E-state index in [1.807, 2.05) is 6.92 Å². The van der Waals surface area contributed by atoms with E-state index in [4.69, 9.17) is 0 Å². The Bertz CT molecular complexity index is 599. The van der Waals surface area contributed by atoms with Crippen LogP contribution in [0, 0.1) is 5.82 Å². The Labute approximate surface area is 129 Å². The van der Waals surface area contributed by atoms with Crippen molar-refractivity contribution in [1.82, 2.24) is 10.0 Å². The molecule has 118 valence electrons. The Kier molecular flexibility index (Phi) is 5.29. The number of benzene rings is 1. The number of halogens is 1. The highest BCUT2D eigenvalue weighted by Crippen LogP contribution is 2.37. The quantitative estimate of drug-likeness (QED) is 0.838. The minimum atomic E-state index is -3.81. The van der Waals surface area contributed by atoms with E-state index in [9.17, 15) is 12.8 Å². The second kappa shape index (κ2) is 6.64. The zero-order chi connectivity index (χ0) is 15.5. The number of thioether (sulfide) groups is 1. The molecule has 1 unspecified atom stereocenters. The molecule has 2 rings (SSSR count). The number of rotatable bonds is 6. The summed E-state index contributed by atoms with van der Waals surface area (Å²) >= 11 is 1.76. The van der Waals surface area contributed by atoms with E-state index in [0.29, 0.717) is 18.7 Å². The predicted octanol–water partition coefficient (Wildman–Crippen LogP) is 2.11. The third-order valence-electron chi connectivity index (χ3n) is 3.60. The lowest BCUT2D eigenvalue weighted by Gasteiger charge is -2.22. The van der Waals surface area contributed by atoms with Crippen molar-refractivity contribution in [2.24, 2.45) is 0 Å². The van der Waals surface area contributed by atoms with E-state index in [-0.39, 0.29) is 9.64 Å². The third kappa shape index (κ3) is 4.18. The van der Waals surface area contributed by atoms with Gasteiger partial charge in [-0.25, -0.2) is 17.5 Å². The van der Waals surface area contributed by atoms with Gasteiger partial charge in [0.05, 0.1) is 0 Å². The van der Waals surface area contributed by atoms with E-state index < -0.39 is 15.8 Å². The van der Waals surface area contributed by atoms with Gasteiger partial charge in [0.15, 0.2) is 0 Å². The van der Waals surface area contributed by atoms with Crippen LogP contribution >= 0.6 is 11.8 Å². The molecule has 0 aromatic heterocycles. The summed E-state index contributed by atoms with van der Waals surface area (Å²) in [5.41, 5.74) is 0.715. The average Bonchev–Trinajstić information content (AvgIpc) is 2.85. The molecule has 0 amide bonds. The maximum absolute atomic E-state index is 14.0. The van der Waals surface area contributed by atoms with Crippen molar-refractivity contribution in [2.75, 3.05) is 19.3 Å². The van der Waals surface area contributed by atoms with Crippen molar-refractivity contribution in [3.63, 3.8) is 0 Å². The molecule has 1 aromatic rings. The molecule has 7 heteroatoms. The van der Waals surface area contributed by atoms with E-state index >= 15 is 0 Å². The SMILES string of the molecule is CNCc1ccc(S(=O)(=O)NCC2(C)CCCS2)c(F)c1. The lowest BCUT2D eigenvalue weighted by Crippen LogP contribution is -2.37. The highest BCUT2D eigenvalue weighted by molar-refractivity contribution is 8.01. The number of hydrogen-bond donors (Lipinski definition) is 2. The van der Waals surface area contributed by atoms with E-state index in [1.165, 1.54) is 12.1 Å². The Balaban J connectivity index is 2.12. The van der Waals surface area contributed by atoms with Crippen molar-refractivity contribution in [1.29, 1.82) is 0 Å². The summed E-state index contributed by atoms with van der Waals surface area (Å²) < 4.78 is 41.0. The van der Waals surface area contributed by atoms with Gasteiger partial charge in [0, 0.05) is 17.8 Å². The maximum atomic E-state index is 14.0. The van der Waals surface area contributed by atoms with Crippen LogP contribution in [0.2, 0.25) is 0 Å². The van der Waals surface area contributed by atoms with Crippen molar-refractivity contribution in [3.8, 4) is 0 Å². The van der Waals surface area contributed by atoms with E-state index in [2.05, 4.69) is 10.0 Å². The lowest BCUT2D eigenvalue weighted by atomic mass is 10.1. The molecule has 1 heterocycles. The molecular weight excluding hydrogens is 311 g/mol. The first-order valence-corrected chi connectivity index (χ1v) is 9.40. The summed E-state index contributed by atoms with van der Waals surface area (Å²) in [6.45, 7) is 2.87. The molecule has 1 aliphatic heterocycles. The van der Waals surface area contributed by atoms with Gasteiger partial charge in [-0.05, 0) is 50.3 Å². The summed E-state index contributed by atoms with van der Waals surface area (Å²) in [5.74, 6) is 0.338. The second-order valence-electron chi connectivity index (χ2n) is 5.52. The van der Waals surface area contributed by atoms with Crippen LogP contribution in [-0.4, -0.2) is 32.5 Å². The summed E-state index contributed by atoms with van der Waals surface area (Å²) in [6, 6.07) is 4.21. The topological polar surface area (TPSA) is 58.2 Å². The molecule has 2 N–H and O–H groups in total.